The first-order valence-electron chi connectivity index (χ1n) is 22.6. The van der Waals surface area contributed by atoms with E-state index in [1.54, 1.807) is 0 Å². The Bertz CT molecular complexity index is 3370. The molecule has 2 aliphatic heterocycles. The zero-order valence-corrected chi connectivity index (χ0v) is 37.4. The van der Waals surface area contributed by atoms with Crippen molar-refractivity contribution in [3.05, 3.63) is 216 Å². The highest BCUT2D eigenvalue weighted by atomic mass is 15.1. The average molecular weight is 823 g/mol. The summed E-state index contributed by atoms with van der Waals surface area (Å²) in [6, 6.07) is 72.9. The highest BCUT2D eigenvalue weighted by molar-refractivity contribution is 6.23. The molecule has 2 aliphatic rings. The number of para-hydroxylation sites is 4. The molecule has 2 nitrogen and oxygen atoms in total. The van der Waals surface area contributed by atoms with Gasteiger partial charge in [-0.2, -0.15) is 0 Å². The maximum atomic E-state index is 2.52. The van der Waals surface area contributed by atoms with E-state index in [1.807, 2.05) is 0 Å². The molecule has 10 aromatic rings. The zero-order chi connectivity index (χ0) is 43.5. The number of anilines is 4. The van der Waals surface area contributed by atoms with Crippen molar-refractivity contribution in [3.63, 3.8) is 0 Å². The number of rotatable bonds is 4. The van der Waals surface area contributed by atoms with E-state index in [9.17, 15) is 0 Å². The third kappa shape index (κ3) is 5.45. The molecule has 0 atom stereocenters. The van der Waals surface area contributed by atoms with Crippen molar-refractivity contribution in [2.45, 2.75) is 38.5 Å². The summed E-state index contributed by atoms with van der Waals surface area (Å²) < 4.78 is 0. The van der Waals surface area contributed by atoms with Crippen molar-refractivity contribution < 1.29 is 0 Å². The predicted octanol–water partition coefficient (Wildman–Crippen LogP) is 16.6. The second-order valence-corrected chi connectivity index (χ2v) is 19.0. The van der Waals surface area contributed by atoms with Gasteiger partial charge in [0.2, 0.25) is 0 Å². The Balaban J connectivity index is 1.21. The second-order valence-electron chi connectivity index (χ2n) is 19.0. The van der Waals surface area contributed by atoms with Gasteiger partial charge in [-0.15, -0.1) is 0 Å². The summed E-state index contributed by atoms with van der Waals surface area (Å²) in [7, 11) is 4.49. The molecule has 0 spiro atoms. The van der Waals surface area contributed by atoms with E-state index in [0.717, 1.165) is 0 Å². The van der Waals surface area contributed by atoms with E-state index in [4.69, 9.17) is 0 Å². The molecule has 0 N–H and O–H groups in total. The molecule has 2 heterocycles. The average Bonchev–Trinajstić information content (AvgIpc) is 3.33. The van der Waals surface area contributed by atoms with Crippen LogP contribution < -0.4 is 9.80 Å². The summed E-state index contributed by atoms with van der Waals surface area (Å²) >= 11 is 0. The van der Waals surface area contributed by atoms with E-state index in [1.165, 1.54) is 122 Å². The third-order valence-electron chi connectivity index (χ3n) is 14.8. The van der Waals surface area contributed by atoms with Crippen LogP contribution in [0, 0.1) is 0 Å². The molecule has 0 saturated carbocycles. The van der Waals surface area contributed by atoms with Gasteiger partial charge in [-0.3, -0.25) is 0 Å². The van der Waals surface area contributed by atoms with Crippen molar-refractivity contribution in [1.82, 2.24) is 0 Å². The summed E-state index contributed by atoms with van der Waals surface area (Å²) in [5.74, 6) is 0. The van der Waals surface area contributed by atoms with Crippen LogP contribution in [0.3, 0.4) is 0 Å². The van der Waals surface area contributed by atoms with E-state index in [0.29, 0.717) is 0 Å². The van der Waals surface area contributed by atoms with Crippen LogP contribution in [0.2, 0.25) is 0 Å². The predicted molar refractivity (Wildman–Crippen MR) is 274 cm³/mol. The topological polar surface area (TPSA) is 6.48 Å². The van der Waals surface area contributed by atoms with Gasteiger partial charge in [0.25, 0.3) is 0 Å². The second kappa shape index (κ2) is 14.0. The number of hydrogen-bond acceptors (Lipinski definition) is 2. The molecule has 0 fully saturated rings. The van der Waals surface area contributed by atoms with Crippen LogP contribution in [0.4, 0.5) is 22.7 Å². The van der Waals surface area contributed by atoms with Gasteiger partial charge in [0.05, 0.1) is 11.4 Å². The number of benzene rings is 10. The quantitative estimate of drug-likeness (QED) is 0.163. The summed E-state index contributed by atoms with van der Waals surface area (Å²) in [4.78, 5) is 4.86. The fraction of sp³-hybridized carbons (Fsp3) is 0.129. The molecule has 0 aromatic heterocycles. The Morgan fingerprint density at radius 2 is 0.750 bits per heavy atom. The summed E-state index contributed by atoms with van der Waals surface area (Å²) in [6.45, 7) is 9.52. The van der Waals surface area contributed by atoms with E-state index >= 15 is 0 Å². The first-order valence-corrected chi connectivity index (χ1v) is 22.6. The van der Waals surface area contributed by atoms with Crippen molar-refractivity contribution in [2.24, 2.45) is 0 Å². The molecule has 64 heavy (non-hydrogen) atoms. The van der Waals surface area contributed by atoms with E-state index < -0.39 is 0 Å². The normalized spacial score (nSPS) is 14.6. The Morgan fingerprint density at radius 1 is 0.312 bits per heavy atom. The standard InChI is InChI=1S/C62H50N2/c1-61(2)52-30-12-14-34-56(52)63(5)59-47(28-18-32-54(59)61)43-24-16-26-45-49(43)38-50-44(48-29-19-33-55-60(48)64(6)57-35-15-13-31-53(57)62(55,3)4)25-17-27-46(50)58(45)51-37-41(39-20-8-7-9-21-39)36-40-22-10-11-23-42(40)51/h7-38H,1-6H3. The summed E-state index contributed by atoms with van der Waals surface area (Å²) in [5, 5.41) is 7.46. The fourth-order valence-electron chi connectivity index (χ4n) is 11.6. The van der Waals surface area contributed by atoms with E-state index in [2.05, 4.69) is 246 Å². The van der Waals surface area contributed by atoms with Crippen molar-refractivity contribution >= 4 is 55.1 Å². The van der Waals surface area contributed by atoms with Crippen LogP contribution >= 0.6 is 0 Å². The van der Waals surface area contributed by atoms with Gasteiger partial charge in [-0.05, 0) is 118 Å². The molecule has 0 radical (unpaired) electrons. The minimum absolute atomic E-state index is 0.175. The van der Waals surface area contributed by atoms with Gasteiger partial charge in [0.15, 0.2) is 0 Å². The van der Waals surface area contributed by atoms with Crippen LogP contribution in [-0.2, 0) is 10.8 Å². The smallest absolute Gasteiger partial charge is 0.0529 e. The van der Waals surface area contributed by atoms with Gasteiger partial charge < -0.3 is 9.80 Å². The van der Waals surface area contributed by atoms with Gasteiger partial charge >= 0.3 is 0 Å². The van der Waals surface area contributed by atoms with Crippen molar-refractivity contribution in [3.8, 4) is 44.5 Å². The molecule has 2 heteroatoms. The van der Waals surface area contributed by atoms with Crippen LogP contribution in [-0.4, -0.2) is 14.1 Å². The Morgan fingerprint density at radius 3 is 1.31 bits per heavy atom. The Kier molecular flexibility index (Phi) is 8.40. The summed E-state index contributed by atoms with van der Waals surface area (Å²) in [5.41, 5.74) is 20.0. The monoisotopic (exact) mass is 822 g/mol. The molecule has 10 aromatic carbocycles. The highest BCUT2D eigenvalue weighted by Crippen LogP contribution is 2.55. The number of nitrogens with zero attached hydrogens (tertiary/aromatic N) is 2. The molecule has 0 saturated heterocycles. The number of hydrogen-bond donors (Lipinski definition) is 0. The molecule has 12 rings (SSSR count). The van der Waals surface area contributed by atoms with Crippen molar-refractivity contribution in [2.75, 3.05) is 23.9 Å². The van der Waals surface area contributed by atoms with E-state index in [-0.39, 0.29) is 10.8 Å². The lowest BCUT2D eigenvalue weighted by molar-refractivity contribution is 0.630. The third-order valence-corrected chi connectivity index (χ3v) is 14.8. The minimum atomic E-state index is -0.175. The van der Waals surface area contributed by atoms with Crippen LogP contribution in [0.1, 0.15) is 49.9 Å². The summed E-state index contributed by atoms with van der Waals surface area (Å²) in [6.07, 6.45) is 0. The maximum Gasteiger partial charge on any atom is 0.0529 e. The first kappa shape index (κ1) is 38.3. The Hall–Kier alpha value is -7.42. The highest BCUT2D eigenvalue weighted by Gasteiger charge is 2.38. The SMILES string of the molecule is CN1c2ccccc2C(C)(C)c2cccc(-c3cccc4c(-c5cc(-c6ccccc6)cc6ccccc56)c5cccc(-c6cccc7c6N(C)c6ccccc6C7(C)C)c5cc34)c21. The van der Waals surface area contributed by atoms with Gasteiger partial charge in [-0.1, -0.05) is 191 Å². The molecule has 0 unspecified atom stereocenters. The largest absolute Gasteiger partial charge is 0.344 e. The minimum Gasteiger partial charge on any atom is -0.344 e. The molecular formula is C62H50N2. The van der Waals surface area contributed by atoms with Crippen LogP contribution in [0.25, 0.3) is 76.8 Å². The molecule has 0 amide bonds. The van der Waals surface area contributed by atoms with Gasteiger partial charge in [-0.25, -0.2) is 0 Å². The van der Waals surface area contributed by atoms with Crippen molar-refractivity contribution in [1.29, 1.82) is 0 Å². The first-order chi connectivity index (χ1) is 31.1. The van der Waals surface area contributed by atoms with Crippen LogP contribution in [0.5, 0.6) is 0 Å². The Labute approximate surface area is 376 Å². The number of fused-ring (bicyclic) bond motifs is 7. The lowest BCUT2D eigenvalue weighted by Crippen LogP contribution is -2.31. The fourth-order valence-corrected chi connectivity index (χ4v) is 11.6. The molecule has 308 valence electrons. The lowest BCUT2D eigenvalue weighted by atomic mass is 9.72. The van der Waals surface area contributed by atoms with Crippen LogP contribution in [0.15, 0.2) is 194 Å². The molecule has 0 aliphatic carbocycles. The van der Waals surface area contributed by atoms with Gasteiger partial charge in [0.1, 0.15) is 0 Å². The molecular weight excluding hydrogens is 773 g/mol. The zero-order valence-electron chi connectivity index (χ0n) is 37.4. The van der Waals surface area contributed by atoms with Gasteiger partial charge in [0, 0.05) is 47.4 Å². The lowest BCUT2D eigenvalue weighted by Gasteiger charge is -2.41. The molecule has 0 bridgehead atoms. The maximum absolute atomic E-state index is 2.52.